The average molecular weight is 277 g/mol. The van der Waals surface area contributed by atoms with Gasteiger partial charge in [-0.3, -0.25) is 15.0 Å². The molecule has 0 saturated carbocycles. The van der Waals surface area contributed by atoms with Crippen molar-refractivity contribution in [2.75, 3.05) is 20.1 Å². The predicted octanol–water partition coefficient (Wildman–Crippen LogP) is 2.48. The van der Waals surface area contributed by atoms with E-state index in [2.05, 4.69) is 17.3 Å². The summed E-state index contributed by atoms with van der Waals surface area (Å²) in [4.78, 5) is 13.0. The summed E-state index contributed by atoms with van der Waals surface area (Å²) in [5.74, 6) is 0. The molecule has 1 fully saturated rings. The first kappa shape index (κ1) is 14.9. The highest BCUT2D eigenvalue weighted by Crippen LogP contribution is 2.23. The van der Waals surface area contributed by atoms with Crippen LogP contribution in [0, 0.1) is 17.0 Å². The lowest BCUT2D eigenvalue weighted by Crippen LogP contribution is -2.32. The van der Waals surface area contributed by atoms with E-state index < -0.39 is 0 Å². The normalized spacial score (nSPS) is 19.9. The summed E-state index contributed by atoms with van der Waals surface area (Å²) in [6, 6.07) is 5.91. The van der Waals surface area contributed by atoms with E-state index in [9.17, 15) is 10.1 Å². The van der Waals surface area contributed by atoms with Gasteiger partial charge in [-0.2, -0.15) is 0 Å². The predicted molar refractivity (Wildman–Crippen MR) is 79.8 cm³/mol. The van der Waals surface area contributed by atoms with Gasteiger partial charge in [0.2, 0.25) is 0 Å². The fraction of sp³-hybridized carbons (Fsp3) is 0.600. The van der Waals surface area contributed by atoms with Crippen molar-refractivity contribution in [3.8, 4) is 0 Å². The van der Waals surface area contributed by atoms with Crippen molar-refractivity contribution in [2.24, 2.45) is 0 Å². The summed E-state index contributed by atoms with van der Waals surface area (Å²) in [5, 5.41) is 14.4. The van der Waals surface area contributed by atoms with Crippen LogP contribution in [0.15, 0.2) is 18.2 Å². The Morgan fingerprint density at radius 1 is 1.40 bits per heavy atom. The van der Waals surface area contributed by atoms with Crippen LogP contribution in [-0.2, 0) is 6.54 Å². The lowest BCUT2D eigenvalue weighted by Gasteiger charge is -2.27. The minimum absolute atomic E-state index is 0.221. The van der Waals surface area contributed by atoms with E-state index in [0.717, 1.165) is 37.2 Å². The van der Waals surface area contributed by atoms with Gasteiger partial charge in [0.05, 0.1) is 4.92 Å². The minimum atomic E-state index is -0.297. The van der Waals surface area contributed by atoms with Crippen molar-refractivity contribution >= 4 is 5.69 Å². The van der Waals surface area contributed by atoms with E-state index >= 15 is 0 Å². The quantitative estimate of drug-likeness (QED) is 0.678. The van der Waals surface area contributed by atoms with Gasteiger partial charge in [-0.1, -0.05) is 12.1 Å². The van der Waals surface area contributed by atoms with Gasteiger partial charge in [-0.05, 0) is 51.9 Å². The van der Waals surface area contributed by atoms with Gasteiger partial charge in [0.1, 0.15) is 0 Å². The van der Waals surface area contributed by atoms with Crippen molar-refractivity contribution in [1.82, 2.24) is 10.2 Å². The van der Waals surface area contributed by atoms with E-state index in [0.29, 0.717) is 6.04 Å². The van der Waals surface area contributed by atoms with Gasteiger partial charge in [-0.15, -0.1) is 0 Å². The Hall–Kier alpha value is -1.46. The Kier molecular flexibility index (Phi) is 5.09. The zero-order chi connectivity index (χ0) is 14.5. The van der Waals surface area contributed by atoms with Crippen LogP contribution < -0.4 is 5.32 Å². The van der Waals surface area contributed by atoms with Gasteiger partial charge in [0, 0.05) is 24.2 Å². The largest absolute Gasteiger partial charge is 0.317 e. The molecule has 110 valence electrons. The second kappa shape index (κ2) is 6.81. The summed E-state index contributed by atoms with van der Waals surface area (Å²) < 4.78 is 0. The van der Waals surface area contributed by atoms with Crippen LogP contribution in [0.25, 0.3) is 0 Å². The third-order valence-corrected chi connectivity index (χ3v) is 4.20. The van der Waals surface area contributed by atoms with E-state index in [4.69, 9.17) is 0 Å². The zero-order valence-corrected chi connectivity index (χ0v) is 12.3. The molecular weight excluding hydrogens is 254 g/mol. The lowest BCUT2D eigenvalue weighted by molar-refractivity contribution is -0.385. The molecule has 0 aliphatic carbocycles. The van der Waals surface area contributed by atoms with Crippen LogP contribution in [0.5, 0.6) is 0 Å². The molecule has 2 rings (SSSR count). The Morgan fingerprint density at radius 2 is 2.20 bits per heavy atom. The number of hydrogen-bond acceptors (Lipinski definition) is 4. The number of rotatable bonds is 4. The van der Waals surface area contributed by atoms with E-state index in [-0.39, 0.29) is 10.6 Å². The molecule has 1 atom stereocenters. The van der Waals surface area contributed by atoms with Crippen molar-refractivity contribution in [2.45, 2.75) is 38.8 Å². The highest BCUT2D eigenvalue weighted by Gasteiger charge is 2.19. The number of benzene rings is 1. The second-order valence-electron chi connectivity index (χ2n) is 5.57. The molecule has 0 spiro atoms. The van der Waals surface area contributed by atoms with Gasteiger partial charge in [0.25, 0.3) is 5.69 Å². The van der Waals surface area contributed by atoms with Crippen molar-refractivity contribution < 1.29 is 4.92 Å². The Bertz CT molecular complexity index is 468. The van der Waals surface area contributed by atoms with Gasteiger partial charge in [0.15, 0.2) is 0 Å². The molecule has 1 unspecified atom stereocenters. The summed E-state index contributed by atoms with van der Waals surface area (Å²) in [6.07, 6.45) is 3.53. The van der Waals surface area contributed by atoms with Crippen molar-refractivity contribution in [1.29, 1.82) is 0 Å². The number of nitro benzene ring substituents is 1. The Morgan fingerprint density at radius 3 is 2.95 bits per heavy atom. The molecular formula is C15H23N3O2. The Labute approximate surface area is 120 Å². The molecule has 1 heterocycles. The van der Waals surface area contributed by atoms with Crippen LogP contribution in [0.3, 0.4) is 0 Å². The highest BCUT2D eigenvalue weighted by molar-refractivity contribution is 5.44. The Balaban J connectivity index is 2.08. The fourth-order valence-electron chi connectivity index (χ4n) is 2.88. The van der Waals surface area contributed by atoms with Crippen LogP contribution >= 0.6 is 0 Å². The molecule has 1 aliphatic rings. The molecule has 5 heteroatoms. The molecule has 0 bridgehead atoms. The second-order valence-corrected chi connectivity index (χ2v) is 5.57. The molecule has 0 radical (unpaired) electrons. The smallest absolute Gasteiger partial charge is 0.272 e. The van der Waals surface area contributed by atoms with Crippen molar-refractivity contribution in [3.63, 3.8) is 0 Å². The van der Waals surface area contributed by atoms with Crippen LogP contribution in [0.4, 0.5) is 5.69 Å². The molecule has 1 aromatic carbocycles. The van der Waals surface area contributed by atoms with Gasteiger partial charge in [-0.25, -0.2) is 0 Å². The standard InChI is InChI=1S/C15H23N3O2/c1-12-13(5-3-7-15(12)18(19)20)11-17(2)14-6-4-9-16-10-8-14/h3,5,7,14,16H,4,6,8-11H2,1-2H3. The molecule has 0 aromatic heterocycles. The fourth-order valence-corrected chi connectivity index (χ4v) is 2.88. The number of nitrogens with zero attached hydrogens (tertiary/aromatic N) is 2. The summed E-state index contributed by atoms with van der Waals surface area (Å²) in [5.41, 5.74) is 2.06. The molecule has 20 heavy (non-hydrogen) atoms. The molecule has 0 amide bonds. The highest BCUT2D eigenvalue weighted by atomic mass is 16.6. The average Bonchev–Trinajstić information content (AvgIpc) is 2.69. The first-order valence-electron chi connectivity index (χ1n) is 7.23. The van der Waals surface area contributed by atoms with Crippen molar-refractivity contribution in [3.05, 3.63) is 39.4 Å². The summed E-state index contributed by atoms with van der Waals surface area (Å²) in [7, 11) is 2.12. The topological polar surface area (TPSA) is 58.4 Å². The summed E-state index contributed by atoms with van der Waals surface area (Å²) >= 11 is 0. The zero-order valence-electron chi connectivity index (χ0n) is 12.3. The maximum absolute atomic E-state index is 11.0. The van der Waals surface area contributed by atoms with Gasteiger partial charge < -0.3 is 5.32 Å². The molecule has 1 N–H and O–H groups in total. The summed E-state index contributed by atoms with van der Waals surface area (Å²) in [6.45, 7) is 4.78. The number of hydrogen-bond donors (Lipinski definition) is 1. The number of nitro groups is 1. The molecule has 1 saturated heterocycles. The van der Waals surface area contributed by atoms with E-state index in [1.807, 2.05) is 13.0 Å². The third-order valence-electron chi connectivity index (χ3n) is 4.20. The maximum atomic E-state index is 11.0. The van der Waals surface area contributed by atoms with E-state index in [1.165, 1.54) is 12.8 Å². The van der Waals surface area contributed by atoms with Crippen LogP contribution in [0.2, 0.25) is 0 Å². The van der Waals surface area contributed by atoms with Crippen LogP contribution in [0.1, 0.15) is 30.4 Å². The first-order valence-corrected chi connectivity index (χ1v) is 7.23. The van der Waals surface area contributed by atoms with Crippen LogP contribution in [-0.4, -0.2) is 36.0 Å². The first-order chi connectivity index (χ1) is 9.59. The monoisotopic (exact) mass is 277 g/mol. The maximum Gasteiger partial charge on any atom is 0.272 e. The minimum Gasteiger partial charge on any atom is -0.317 e. The molecule has 1 aromatic rings. The molecule has 5 nitrogen and oxygen atoms in total. The molecule has 1 aliphatic heterocycles. The van der Waals surface area contributed by atoms with E-state index in [1.54, 1.807) is 12.1 Å². The number of nitrogens with one attached hydrogen (secondary N) is 1. The lowest BCUT2D eigenvalue weighted by atomic mass is 10.0. The third kappa shape index (κ3) is 3.55. The van der Waals surface area contributed by atoms with Gasteiger partial charge >= 0.3 is 0 Å². The SMILES string of the molecule is Cc1c(CN(C)C2CCCNCC2)cccc1[N+](=O)[O-].